The molecular formula is C17H25N3O3. The zero-order valence-corrected chi connectivity index (χ0v) is 13.8. The number of hydrogen-bond acceptors (Lipinski definition) is 4. The molecule has 1 aliphatic rings. The molecule has 1 atom stereocenters. The van der Waals surface area contributed by atoms with E-state index in [9.17, 15) is 9.59 Å². The molecule has 126 valence electrons. The third-order valence-corrected chi connectivity index (χ3v) is 4.09. The maximum atomic E-state index is 11.6. The Bertz CT molecular complexity index is 545. The van der Waals surface area contributed by atoms with Crippen molar-refractivity contribution in [1.29, 1.82) is 0 Å². The molecule has 0 aromatic heterocycles. The first-order valence-electron chi connectivity index (χ1n) is 7.98. The van der Waals surface area contributed by atoms with Gasteiger partial charge in [0.15, 0.2) is 0 Å². The molecule has 6 heteroatoms. The summed E-state index contributed by atoms with van der Waals surface area (Å²) in [6, 6.07) is 7.95. The highest BCUT2D eigenvalue weighted by Gasteiger charge is 2.27. The van der Waals surface area contributed by atoms with Crippen LogP contribution in [0.25, 0.3) is 0 Å². The molecule has 0 spiro atoms. The lowest BCUT2D eigenvalue weighted by molar-refractivity contribution is -0.130. The number of primary amides is 1. The molecule has 0 radical (unpaired) electrons. The lowest BCUT2D eigenvalue weighted by Crippen LogP contribution is -2.39. The van der Waals surface area contributed by atoms with Crippen LogP contribution in [0.15, 0.2) is 24.3 Å². The summed E-state index contributed by atoms with van der Waals surface area (Å²) in [5.41, 5.74) is 6.63. The predicted octanol–water partition coefficient (Wildman–Crippen LogP) is 0.851. The molecule has 0 bridgehead atoms. The van der Waals surface area contributed by atoms with Gasteiger partial charge >= 0.3 is 0 Å². The predicted molar refractivity (Wildman–Crippen MR) is 87.8 cm³/mol. The SMILES string of the molecule is CCOc1ccc(CN2CCN(C(C)=O)C[C@H](C(N)=O)C2)cc1. The average molecular weight is 319 g/mol. The number of benzene rings is 1. The topological polar surface area (TPSA) is 75.9 Å². The fourth-order valence-corrected chi connectivity index (χ4v) is 2.81. The molecule has 0 aliphatic carbocycles. The summed E-state index contributed by atoms with van der Waals surface area (Å²) in [7, 11) is 0. The molecule has 23 heavy (non-hydrogen) atoms. The summed E-state index contributed by atoms with van der Waals surface area (Å²) in [6.45, 7) is 7.19. The molecular weight excluding hydrogens is 294 g/mol. The van der Waals surface area contributed by atoms with Crippen molar-refractivity contribution >= 4 is 11.8 Å². The van der Waals surface area contributed by atoms with Crippen LogP contribution in [0.3, 0.4) is 0 Å². The molecule has 1 aromatic carbocycles. The highest BCUT2D eigenvalue weighted by atomic mass is 16.5. The highest BCUT2D eigenvalue weighted by Crippen LogP contribution is 2.16. The van der Waals surface area contributed by atoms with Gasteiger partial charge in [0, 0.05) is 39.6 Å². The van der Waals surface area contributed by atoms with Crippen LogP contribution in [-0.4, -0.2) is 54.4 Å². The molecule has 0 saturated carbocycles. The van der Waals surface area contributed by atoms with Crippen molar-refractivity contribution in [2.75, 3.05) is 32.8 Å². The summed E-state index contributed by atoms with van der Waals surface area (Å²) >= 11 is 0. The number of nitrogens with zero attached hydrogens (tertiary/aromatic N) is 2. The van der Waals surface area contributed by atoms with E-state index in [-0.39, 0.29) is 17.7 Å². The molecule has 0 unspecified atom stereocenters. The zero-order chi connectivity index (χ0) is 16.8. The van der Waals surface area contributed by atoms with Crippen molar-refractivity contribution in [2.24, 2.45) is 11.7 Å². The molecule has 1 fully saturated rings. The fraction of sp³-hybridized carbons (Fsp3) is 0.529. The summed E-state index contributed by atoms with van der Waals surface area (Å²) < 4.78 is 5.44. The van der Waals surface area contributed by atoms with E-state index in [4.69, 9.17) is 10.5 Å². The van der Waals surface area contributed by atoms with E-state index < -0.39 is 0 Å². The van der Waals surface area contributed by atoms with Crippen molar-refractivity contribution in [3.63, 3.8) is 0 Å². The number of hydrogen-bond donors (Lipinski definition) is 1. The van der Waals surface area contributed by atoms with Gasteiger partial charge in [0.25, 0.3) is 0 Å². The number of nitrogens with two attached hydrogens (primary N) is 1. The van der Waals surface area contributed by atoms with E-state index in [1.165, 1.54) is 6.92 Å². The van der Waals surface area contributed by atoms with Gasteiger partial charge in [0.1, 0.15) is 5.75 Å². The molecule has 1 aliphatic heterocycles. The molecule has 2 rings (SSSR count). The summed E-state index contributed by atoms with van der Waals surface area (Å²) in [5, 5.41) is 0. The Morgan fingerprint density at radius 3 is 2.48 bits per heavy atom. The lowest BCUT2D eigenvalue weighted by Gasteiger charge is -2.22. The Labute approximate surface area is 137 Å². The maximum Gasteiger partial charge on any atom is 0.223 e. The van der Waals surface area contributed by atoms with Gasteiger partial charge in [-0.1, -0.05) is 12.1 Å². The van der Waals surface area contributed by atoms with Gasteiger partial charge in [0.2, 0.25) is 11.8 Å². The van der Waals surface area contributed by atoms with E-state index >= 15 is 0 Å². The van der Waals surface area contributed by atoms with E-state index in [1.54, 1.807) is 4.90 Å². The van der Waals surface area contributed by atoms with Crippen LogP contribution in [0.5, 0.6) is 5.75 Å². The molecule has 2 N–H and O–H groups in total. The second-order valence-electron chi connectivity index (χ2n) is 5.88. The van der Waals surface area contributed by atoms with Crippen molar-refractivity contribution in [3.8, 4) is 5.75 Å². The van der Waals surface area contributed by atoms with Crippen molar-refractivity contribution in [1.82, 2.24) is 9.80 Å². The summed E-state index contributed by atoms with van der Waals surface area (Å²) in [5.74, 6) is 0.156. The minimum absolute atomic E-state index is 0.0147. The standard InChI is InChI=1S/C17H25N3O3/c1-3-23-16-6-4-14(5-7-16)10-19-8-9-20(13(2)21)12-15(11-19)17(18)22/h4-7,15H,3,8-12H2,1-2H3,(H2,18,22)/t15-/m1/s1. The maximum absolute atomic E-state index is 11.6. The van der Waals surface area contributed by atoms with Gasteiger partial charge in [0.05, 0.1) is 12.5 Å². The van der Waals surface area contributed by atoms with Gasteiger partial charge < -0.3 is 15.4 Å². The quantitative estimate of drug-likeness (QED) is 0.873. The molecule has 6 nitrogen and oxygen atoms in total. The van der Waals surface area contributed by atoms with Crippen LogP contribution in [0, 0.1) is 5.92 Å². The number of carbonyl (C=O) groups excluding carboxylic acids is 2. The second-order valence-corrected chi connectivity index (χ2v) is 5.88. The lowest BCUT2D eigenvalue weighted by atomic mass is 10.1. The van der Waals surface area contributed by atoms with Gasteiger partial charge in [-0.05, 0) is 24.6 Å². The minimum Gasteiger partial charge on any atom is -0.494 e. The monoisotopic (exact) mass is 319 g/mol. The normalized spacial score (nSPS) is 19.2. The van der Waals surface area contributed by atoms with Crippen molar-refractivity contribution in [2.45, 2.75) is 20.4 Å². The first-order chi connectivity index (χ1) is 11.0. The van der Waals surface area contributed by atoms with Gasteiger partial charge in [-0.15, -0.1) is 0 Å². The number of carbonyl (C=O) groups is 2. The van der Waals surface area contributed by atoms with Gasteiger partial charge in [-0.2, -0.15) is 0 Å². The van der Waals surface area contributed by atoms with Crippen LogP contribution < -0.4 is 10.5 Å². The third kappa shape index (κ3) is 4.96. The largest absolute Gasteiger partial charge is 0.494 e. The number of rotatable bonds is 5. The first kappa shape index (κ1) is 17.3. The average Bonchev–Trinajstić information content (AvgIpc) is 2.72. The van der Waals surface area contributed by atoms with Gasteiger partial charge in [-0.3, -0.25) is 14.5 Å². The van der Waals surface area contributed by atoms with Crippen molar-refractivity contribution < 1.29 is 14.3 Å². The van der Waals surface area contributed by atoms with Crippen LogP contribution >= 0.6 is 0 Å². The number of amides is 2. The van der Waals surface area contributed by atoms with E-state index in [0.717, 1.165) is 24.4 Å². The van der Waals surface area contributed by atoms with Crippen molar-refractivity contribution in [3.05, 3.63) is 29.8 Å². The Hall–Kier alpha value is -2.08. The van der Waals surface area contributed by atoms with Crippen LogP contribution in [0.4, 0.5) is 0 Å². The summed E-state index contributed by atoms with van der Waals surface area (Å²) in [4.78, 5) is 27.1. The Morgan fingerprint density at radius 2 is 1.91 bits per heavy atom. The van der Waals surface area contributed by atoms with E-state index in [2.05, 4.69) is 4.90 Å². The Kier molecular flexibility index (Phi) is 5.98. The highest BCUT2D eigenvalue weighted by molar-refractivity contribution is 5.79. The van der Waals surface area contributed by atoms with Gasteiger partial charge in [-0.25, -0.2) is 0 Å². The Morgan fingerprint density at radius 1 is 1.22 bits per heavy atom. The van der Waals surface area contributed by atoms with Crippen LogP contribution in [-0.2, 0) is 16.1 Å². The molecule has 1 saturated heterocycles. The fourth-order valence-electron chi connectivity index (χ4n) is 2.81. The molecule has 2 amide bonds. The molecule has 1 aromatic rings. The first-order valence-corrected chi connectivity index (χ1v) is 7.98. The minimum atomic E-state index is -0.352. The van der Waals surface area contributed by atoms with E-state index in [1.807, 2.05) is 31.2 Å². The number of ether oxygens (including phenoxy) is 1. The zero-order valence-electron chi connectivity index (χ0n) is 13.8. The second kappa shape index (κ2) is 7.97. The van der Waals surface area contributed by atoms with Crippen LogP contribution in [0.2, 0.25) is 0 Å². The third-order valence-electron chi connectivity index (χ3n) is 4.09. The molecule has 1 heterocycles. The Balaban J connectivity index is 2.03. The van der Waals surface area contributed by atoms with E-state index in [0.29, 0.717) is 26.2 Å². The van der Waals surface area contributed by atoms with Crippen LogP contribution in [0.1, 0.15) is 19.4 Å². The summed E-state index contributed by atoms with van der Waals surface area (Å²) in [6.07, 6.45) is 0. The smallest absolute Gasteiger partial charge is 0.223 e.